The van der Waals surface area contributed by atoms with Crippen LogP contribution in [-0.2, 0) is 0 Å². The minimum absolute atomic E-state index is 0.266. The highest BCUT2D eigenvalue weighted by Crippen LogP contribution is 2.39. The van der Waals surface area contributed by atoms with E-state index in [1.165, 1.54) is 16.7 Å². The third-order valence-corrected chi connectivity index (χ3v) is 6.95. The normalized spacial score (nSPS) is 15.8. The Morgan fingerprint density at radius 3 is 2.31 bits per heavy atom. The van der Waals surface area contributed by atoms with Crippen molar-refractivity contribution in [2.75, 3.05) is 12.0 Å². The van der Waals surface area contributed by atoms with Crippen LogP contribution in [0.2, 0.25) is 0 Å². The van der Waals surface area contributed by atoms with Gasteiger partial charge in [-0.2, -0.15) is 4.98 Å². The number of aromatic nitrogens is 2. The van der Waals surface area contributed by atoms with E-state index in [0.717, 1.165) is 33.8 Å². The van der Waals surface area contributed by atoms with Gasteiger partial charge in [-0.3, -0.25) is 4.90 Å². The first kappa shape index (κ1) is 23.8. The van der Waals surface area contributed by atoms with Crippen LogP contribution in [0.5, 0.6) is 5.75 Å². The van der Waals surface area contributed by atoms with Gasteiger partial charge in [0.2, 0.25) is 5.82 Å². The van der Waals surface area contributed by atoms with Gasteiger partial charge < -0.3 is 14.6 Å². The van der Waals surface area contributed by atoms with Gasteiger partial charge in [0.15, 0.2) is 5.11 Å². The lowest BCUT2D eigenvalue weighted by Crippen LogP contribution is -2.46. The molecule has 5 rings (SSSR count). The lowest BCUT2D eigenvalue weighted by atomic mass is 9.94. The lowest BCUT2D eigenvalue weighted by Gasteiger charge is -2.37. The highest BCUT2D eigenvalue weighted by atomic mass is 32.1. The number of rotatable bonds is 5. The predicted molar refractivity (Wildman–Crippen MR) is 147 cm³/mol. The molecule has 0 saturated heterocycles. The maximum atomic E-state index is 5.87. The van der Waals surface area contributed by atoms with E-state index in [0.29, 0.717) is 16.8 Å². The molecule has 6 nitrogen and oxygen atoms in total. The minimum Gasteiger partial charge on any atom is -0.497 e. The molecule has 0 amide bonds. The number of nitrogens with one attached hydrogen (secondary N) is 1. The third-order valence-electron chi connectivity index (χ3n) is 6.65. The number of thiocarbonyl (C=S) groups is 1. The molecule has 1 unspecified atom stereocenters. The van der Waals surface area contributed by atoms with Crippen molar-refractivity contribution in [3.63, 3.8) is 0 Å². The Morgan fingerprint density at radius 1 is 0.917 bits per heavy atom. The Hall–Kier alpha value is -3.97. The monoisotopic (exact) mass is 496 g/mol. The molecule has 2 heterocycles. The third kappa shape index (κ3) is 4.38. The number of ether oxygens (including phenoxy) is 1. The summed E-state index contributed by atoms with van der Waals surface area (Å²) in [5.41, 5.74) is 8.31. The molecule has 1 aliphatic heterocycles. The predicted octanol–water partition coefficient (Wildman–Crippen LogP) is 6.54. The first-order chi connectivity index (χ1) is 17.4. The summed E-state index contributed by atoms with van der Waals surface area (Å²) in [7, 11) is 1.66. The number of methoxy groups -OCH3 is 1. The van der Waals surface area contributed by atoms with Crippen molar-refractivity contribution in [1.29, 1.82) is 0 Å². The summed E-state index contributed by atoms with van der Waals surface area (Å²) >= 11 is 5.87. The SMILES string of the molecule is COc1ccc(C2NC(=S)N(c3ccc(C)c(C)c3)C(C)=C2c2nc(-c3ccc(C)cc3)no2)cc1. The molecule has 1 N–H and O–H groups in total. The van der Waals surface area contributed by atoms with Crippen LogP contribution in [0.3, 0.4) is 0 Å². The molecule has 7 heteroatoms. The highest BCUT2D eigenvalue weighted by Gasteiger charge is 2.35. The van der Waals surface area contributed by atoms with Crippen molar-refractivity contribution >= 4 is 28.6 Å². The summed E-state index contributed by atoms with van der Waals surface area (Å²) in [5, 5.41) is 8.43. The molecule has 0 saturated carbocycles. The van der Waals surface area contributed by atoms with Crippen LogP contribution in [0.25, 0.3) is 17.0 Å². The number of hydrogen-bond donors (Lipinski definition) is 1. The Morgan fingerprint density at radius 2 is 1.64 bits per heavy atom. The second-order valence-electron chi connectivity index (χ2n) is 9.05. The largest absolute Gasteiger partial charge is 0.497 e. The Labute approximate surface area is 216 Å². The summed E-state index contributed by atoms with van der Waals surface area (Å²) in [5.74, 6) is 1.79. The van der Waals surface area contributed by atoms with Crippen LogP contribution >= 0.6 is 12.2 Å². The van der Waals surface area contributed by atoms with Gasteiger partial charge in [-0.15, -0.1) is 0 Å². The molecule has 36 heavy (non-hydrogen) atoms. The molecule has 1 aliphatic rings. The van der Waals surface area contributed by atoms with Crippen LogP contribution in [0.4, 0.5) is 5.69 Å². The number of nitrogens with zero attached hydrogens (tertiary/aromatic N) is 3. The molecule has 1 aromatic heterocycles. The second kappa shape index (κ2) is 9.59. The van der Waals surface area contributed by atoms with Gasteiger partial charge in [-0.25, -0.2) is 0 Å². The minimum atomic E-state index is -0.266. The zero-order valence-corrected chi connectivity index (χ0v) is 21.8. The molecule has 0 bridgehead atoms. The first-order valence-corrected chi connectivity index (χ1v) is 12.2. The number of aryl methyl sites for hydroxylation is 3. The average Bonchev–Trinajstić information content (AvgIpc) is 3.36. The fourth-order valence-electron chi connectivity index (χ4n) is 4.39. The van der Waals surface area contributed by atoms with Crippen molar-refractivity contribution < 1.29 is 9.26 Å². The van der Waals surface area contributed by atoms with Crippen LogP contribution in [0, 0.1) is 20.8 Å². The van der Waals surface area contributed by atoms with Crippen LogP contribution in [0.15, 0.2) is 77.0 Å². The van der Waals surface area contributed by atoms with Crippen LogP contribution < -0.4 is 15.0 Å². The quantitative estimate of drug-likeness (QED) is 0.315. The van der Waals surface area contributed by atoms with Crippen LogP contribution in [0.1, 0.15) is 41.1 Å². The van der Waals surface area contributed by atoms with E-state index in [1.807, 2.05) is 60.4 Å². The van der Waals surface area contributed by atoms with Crippen molar-refractivity contribution in [1.82, 2.24) is 15.5 Å². The Balaban J connectivity index is 1.65. The smallest absolute Gasteiger partial charge is 0.258 e. The van der Waals surface area contributed by atoms with E-state index < -0.39 is 0 Å². The van der Waals surface area contributed by atoms with Crippen molar-refractivity contribution in [2.24, 2.45) is 0 Å². The second-order valence-corrected chi connectivity index (χ2v) is 9.43. The molecular weight excluding hydrogens is 468 g/mol. The fourth-order valence-corrected chi connectivity index (χ4v) is 4.75. The van der Waals surface area contributed by atoms with E-state index in [2.05, 4.69) is 49.4 Å². The lowest BCUT2D eigenvalue weighted by molar-refractivity contribution is 0.404. The molecule has 182 valence electrons. The highest BCUT2D eigenvalue weighted by molar-refractivity contribution is 7.80. The topological polar surface area (TPSA) is 63.4 Å². The van der Waals surface area contributed by atoms with E-state index in [4.69, 9.17) is 26.5 Å². The van der Waals surface area contributed by atoms with E-state index in [9.17, 15) is 0 Å². The summed E-state index contributed by atoms with van der Waals surface area (Å²) in [6.45, 7) is 8.30. The zero-order chi connectivity index (χ0) is 25.4. The number of benzene rings is 3. The van der Waals surface area contributed by atoms with Gasteiger partial charge in [0.25, 0.3) is 5.89 Å². The van der Waals surface area contributed by atoms with Gasteiger partial charge in [-0.05, 0) is 80.9 Å². The Bertz CT molecular complexity index is 1460. The fraction of sp³-hybridized carbons (Fsp3) is 0.207. The maximum absolute atomic E-state index is 5.87. The molecule has 3 aromatic carbocycles. The van der Waals surface area contributed by atoms with Crippen molar-refractivity contribution in [2.45, 2.75) is 33.7 Å². The first-order valence-electron chi connectivity index (χ1n) is 11.8. The summed E-state index contributed by atoms with van der Waals surface area (Å²) in [6, 6.07) is 22.1. The van der Waals surface area contributed by atoms with Gasteiger partial charge in [0.05, 0.1) is 18.7 Å². The number of allylic oxidation sites excluding steroid dienone is 1. The zero-order valence-electron chi connectivity index (χ0n) is 21.0. The summed E-state index contributed by atoms with van der Waals surface area (Å²) in [6.07, 6.45) is 0. The molecule has 0 fully saturated rings. The van der Waals surface area contributed by atoms with E-state index in [1.54, 1.807) is 7.11 Å². The number of anilines is 1. The molecule has 0 aliphatic carbocycles. The maximum Gasteiger partial charge on any atom is 0.258 e. The Kier molecular flexibility index (Phi) is 6.33. The average molecular weight is 497 g/mol. The van der Waals surface area contributed by atoms with Gasteiger partial charge in [-0.1, -0.05) is 53.2 Å². The molecular formula is C29H28N4O2S. The standard InChI is InChI=1S/C29H28N4O2S/c1-17-6-9-22(10-7-17)27-31-28(35-32-27)25-20(4)33(23-13-8-18(2)19(3)16-23)29(36)30-26(25)21-11-14-24(34-5)15-12-21/h6-16,26H,1-5H3,(H,30,36). The molecule has 1 atom stereocenters. The number of hydrogen-bond acceptors (Lipinski definition) is 5. The van der Waals surface area contributed by atoms with Crippen LogP contribution in [-0.4, -0.2) is 22.4 Å². The van der Waals surface area contributed by atoms with Gasteiger partial charge in [0.1, 0.15) is 5.75 Å². The molecule has 4 aromatic rings. The van der Waals surface area contributed by atoms with Crippen molar-refractivity contribution in [3.05, 3.63) is 101 Å². The van der Waals surface area contributed by atoms with Gasteiger partial charge in [0, 0.05) is 16.9 Å². The molecule has 0 spiro atoms. The summed E-state index contributed by atoms with van der Waals surface area (Å²) < 4.78 is 11.2. The van der Waals surface area contributed by atoms with Crippen molar-refractivity contribution in [3.8, 4) is 17.1 Å². The summed E-state index contributed by atoms with van der Waals surface area (Å²) in [4.78, 5) is 6.84. The van der Waals surface area contributed by atoms with E-state index >= 15 is 0 Å². The molecule has 0 radical (unpaired) electrons. The van der Waals surface area contributed by atoms with Gasteiger partial charge >= 0.3 is 0 Å². The van der Waals surface area contributed by atoms with E-state index in [-0.39, 0.29) is 6.04 Å².